The van der Waals surface area contributed by atoms with Crippen molar-refractivity contribution in [3.05, 3.63) is 58.7 Å². The van der Waals surface area contributed by atoms with Gasteiger partial charge in [0.05, 0.1) is 13.2 Å². The summed E-state index contributed by atoms with van der Waals surface area (Å²) in [5.41, 5.74) is -0.183. The van der Waals surface area contributed by atoms with Crippen molar-refractivity contribution >= 4 is 0 Å². The maximum atomic E-state index is 14.8. The molecule has 6 heteroatoms. The molecule has 27 heavy (non-hydrogen) atoms. The van der Waals surface area contributed by atoms with Gasteiger partial charge in [0.15, 0.2) is 29.1 Å². The van der Waals surface area contributed by atoms with Gasteiger partial charge in [0.2, 0.25) is 0 Å². The lowest BCUT2D eigenvalue weighted by molar-refractivity contribution is -0.178. The molecule has 1 saturated carbocycles. The van der Waals surface area contributed by atoms with Crippen LogP contribution < -0.4 is 0 Å². The molecule has 2 nitrogen and oxygen atoms in total. The monoisotopic (exact) mass is 380 g/mol. The van der Waals surface area contributed by atoms with E-state index in [4.69, 9.17) is 9.47 Å². The topological polar surface area (TPSA) is 18.5 Å². The van der Waals surface area contributed by atoms with Gasteiger partial charge in [-0.3, -0.25) is 0 Å². The summed E-state index contributed by atoms with van der Waals surface area (Å²) in [6.07, 6.45) is 2.48. The molecule has 2 aromatic rings. The largest absolute Gasteiger partial charge is 0.348 e. The summed E-state index contributed by atoms with van der Waals surface area (Å²) in [7, 11) is 0. The SMILES string of the molecule is Cc1ccc(-c2ccc(C3CCC4(CC3)OCCO4)c(F)c2F)c(F)c1F. The summed E-state index contributed by atoms with van der Waals surface area (Å²) >= 11 is 0. The van der Waals surface area contributed by atoms with E-state index in [1.165, 1.54) is 31.2 Å². The highest BCUT2D eigenvalue weighted by molar-refractivity contribution is 5.66. The van der Waals surface area contributed by atoms with Crippen molar-refractivity contribution in [1.82, 2.24) is 0 Å². The van der Waals surface area contributed by atoms with E-state index in [9.17, 15) is 17.6 Å². The van der Waals surface area contributed by atoms with E-state index >= 15 is 0 Å². The van der Waals surface area contributed by atoms with E-state index in [2.05, 4.69) is 0 Å². The summed E-state index contributed by atoms with van der Waals surface area (Å²) in [5.74, 6) is -5.10. The van der Waals surface area contributed by atoms with Crippen LogP contribution in [0, 0.1) is 30.2 Å². The van der Waals surface area contributed by atoms with Gasteiger partial charge in [-0.15, -0.1) is 0 Å². The smallest absolute Gasteiger partial charge is 0.168 e. The summed E-state index contributed by atoms with van der Waals surface area (Å²) in [6, 6.07) is 5.42. The third-order valence-electron chi connectivity index (χ3n) is 5.68. The molecule has 1 heterocycles. The molecule has 2 aliphatic rings. The van der Waals surface area contributed by atoms with Gasteiger partial charge in [-0.25, -0.2) is 17.6 Å². The zero-order valence-corrected chi connectivity index (χ0v) is 15.0. The highest BCUT2D eigenvalue weighted by atomic mass is 19.2. The maximum Gasteiger partial charge on any atom is 0.168 e. The number of aryl methyl sites for hydroxylation is 1. The van der Waals surface area contributed by atoms with Crippen LogP contribution in [0.4, 0.5) is 17.6 Å². The molecular formula is C21H20F4O2. The van der Waals surface area contributed by atoms with E-state index in [-0.39, 0.29) is 28.2 Å². The Balaban J connectivity index is 1.63. The molecule has 2 fully saturated rings. The lowest BCUT2D eigenvalue weighted by Gasteiger charge is -2.35. The maximum absolute atomic E-state index is 14.8. The van der Waals surface area contributed by atoms with Gasteiger partial charge in [-0.05, 0) is 36.8 Å². The molecule has 0 bridgehead atoms. The first-order valence-corrected chi connectivity index (χ1v) is 9.13. The molecule has 0 unspecified atom stereocenters. The number of benzene rings is 2. The number of hydrogen-bond donors (Lipinski definition) is 0. The highest BCUT2D eigenvalue weighted by Crippen LogP contribution is 2.44. The normalized spacial score (nSPS) is 19.7. The van der Waals surface area contributed by atoms with E-state index in [1.807, 2.05) is 0 Å². The van der Waals surface area contributed by atoms with Crippen LogP contribution in [-0.2, 0) is 9.47 Å². The summed E-state index contributed by atoms with van der Waals surface area (Å²) in [6.45, 7) is 2.53. The lowest BCUT2D eigenvalue weighted by Crippen LogP contribution is -2.34. The molecule has 0 aromatic heterocycles. The van der Waals surface area contributed by atoms with Gasteiger partial charge in [-0.1, -0.05) is 24.3 Å². The second kappa shape index (κ2) is 6.91. The first-order chi connectivity index (χ1) is 12.9. The quantitative estimate of drug-likeness (QED) is 0.630. The van der Waals surface area contributed by atoms with Crippen LogP contribution in [0.15, 0.2) is 24.3 Å². The summed E-state index contributed by atoms with van der Waals surface area (Å²) < 4.78 is 68.8. The van der Waals surface area contributed by atoms with Gasteiger partial charge in [0.1, 0.15) is 0 Å². The van der Waals surface area contributed by atoms with Crippen LogP contribution in [0.2, 0.25) is 0 Å². The van der Waals surface area contributed by atoms with Crippen LogP contribution in [0.3, 0.4) is 0 Å². The first-order valence-electron chi connectivity index (χ1n) is 9.13. The molecule has 0 amide bonds. The summed E-state index contributed by atoms with van der Waals surface area (Å²) in [5, 5.41) is 0. The van der Waals surface area contributed by atoms with Crippen molar-refractivity contribution in [3.63, 3.8) is 0 Å². The third-order valence-corrected chi connectivity index (χ3v) is 5.68. The average Bonchev–Trinajstić information content (AvgIpc) is 3.12. The van der Waals surface area contributed by atoms with Crippen molar-refractivity contribution in [2.45, 2.75) is 44.3 Å². The third kappa shape index (κ3) is 3.15. The fraction of sp³-hybridized carbons (Fsp3) is 0.429. The van der Waals surface area contributed by atoms with E-state index in [0.29, 0.717) is 38.9 Å². The zero-order valence-electron chi connectivity index (χ0n) is 15.0. The highest BCUT2D eigenvalue weighted by Gasteiger charge is 2.41. The van der Waals surface area contributed by atoms with Crippen molar-refractivity contribution in [1.29, 1.82) is 0 Å². The number of hydrogen-bond acceptors (Lipinski definition) is 2. The molecule has 2 aromatic carbocycles. The molecule has 1 aliphatic carbocycles. The fourth-order valence-corrected chi connectivity index (χ4v) is 4.10. The predicted molar refractivity (Wildman–Crippen MR) is 92.3 cm³/mol. The minimum absolute atomic E-state index is 0.112. The van der Waals surface area contributed by atoms with Gasteiger partial charge in [-0.2, -0.15) is 0 Å². The minimum atomic E-state index is -1.17. The first kappa shape index (κ1) is 18.4. The molecule has 1 spiro atoms. The molecule has 0 atom stereocenters. The van der Waals surface area contributed by atoms with E-state index in [0.717, 1.165) is 0 Å². The van der Waals surface area contributed by atoms with Crippen LogP contribution in [-0.4, -0.2) is 19.0 Å². The second-order valence-corrected chi connectivity index (χ2v) is 7.27. The predicted octanol–water partition coefficient (Wildman–Crippen LogP) is 5.62. The van der Waals surface area contributed by atoms with Crippen LogP contribution in [0.1, 0.15) is 42.7 Å². The molecule has 4 rings (SSSR count). The molecule has 1 aliphatic heterocycles. The number of halogens is 4. The Hall–Kier alpha value is -1.92. The Morgan fingerprint density at radius 1 is 0.778 bits per heavy atom. The van der Waals surface area contributed by atoms with Gasteiger partial charge >= 0.3 is 0 Å². The minimum Gasteiger partial charge on any atom is -0.348 e. The van der Waals surface area contributed by atoms with Crippen LogP contribution >= 0.6 is 0 Å². The van der Waals surface area contributed by atoms with Crippen molar-refractivity contribution < 1.29 is 27.0 Å². The van der Waals surface area contributed by atoms with Crippen LogP contribution in [0.5, 0.6) is 0 Å². The van der Waals surface area contributed by atoms with E-state index in [1.54, 1.807) is 0 Å². The number of ether oxygens (including phenoxy) is 2. The van der Waals surface area contributed by atoms with Gasteiger partial charge in [0, 0.05) is 24.0 Å². The Labute approximate surface area is 155 Å². The standard InChI is InChI=1S/C21H20F4O2/c1-12-2-3-15(19(24)17(12)22)16-5-4-14(18(23)20(16)25)13-6-8-21(9-7-13)26-10-11-27-21/h2-5,13H,6-11H2,1H3. The van der Waals surface area contributed by atoms with Crippen molar-refractivity contribution in [2.24, 2.45) is 0 Å². The van der Waals surface area contributed by atoms with Gasteiger partial charge in [0.25, 0.3) is 0 Å². The fourth-order valence-electron chi connectivity index (χ4n) is 4.10. The Bertz CT molecular complexity index is 865. The lowest BCUT2D eigenvalue weighted by atomic mass is 9.80. The summed E-state index contributed by atoms with van der Waals surface area (Å²) in [4.78, 5) is 0. The van der Waals surface area contributed by atoms with E-state index < -0.39 is 29.1 Å². The van der Waals surface area contributed by atoms with Crippen molar-refractivity contribution in [3.8, 4) is 11.1 Å². The number of rotatable bonds is 2. The zero-order chi connectivity index (χ0) is 19.2. The Morgan fingerprint density at radius 2 is 1.33 bits per heavy atom. The molecule has 0 N–H and O–H groups in total. The Morgan fingerprint density at radius 3 is 1.96 bits per heavy atom. The molecule has 144 valence electrons. The van der Waals surface area contributed by atoms with Crippen LogP contribution in [0.25, 0.3) is 11.1 Å². The Kier molecular flexibility index (Phi) is 4.72. The molecular weight excluding hydrogens is 360 g/mol. The molecule has 0 radical (unpaired) electrons. The second-order valence-electron chi connectivity index (χ2n) is 7.27. The molecule has 1 saturated heterocycles. The average molecular weight is 380 g/mol. The van der Waals surface area contributed by atoms with Crippen molar-refractivity contribution in [2.75, 3.05) is 13.2 Å². The van der Waals surface area contributed by atoms with Gasteiger partial charge < -0.3 is 9.47 Å².